The highest BCUT2D eigenvalue weighted by atomic mass is 16.5. The number of ether oxygens (including phenoxy) is 2. The highest BCUT2D eigenvalue weighted by Gasteiger charge is 2.53. The third-order valence-electron chi connectivity index (χ3n) is 7.57. The van der Waals surface area contributed by atoms with E-state index in [0.717, 1.165) is 23.5 Å². The second-order valence-electron chi connectivity index (χ2n) is 8.45. The molecular formula is C22H27NO2. The molecule has 0 radical (unpaired) electrons. The minimum atomic E-state index is 0.339. The van der Waals surface area contributed by atoms with Gasteiger partial charge in [-0.15, -0.1) is 0 Å². The third kappa shape index (κ3) is 2.21. The van der Waals surface area contributed by atoms with E-state index in [9.17, 15) is 0 Å². The van der Waals surface area contributed by atoms with Gasteiger partial charge in [0.25, 0.3) is 0 Å². The van der Waals surface area contributed by atoms with Crippen LogP contribution in [-0.4, -0.2) is 20.1 Å². The molecule has 3 heteroatoms. The Labute approximate surface area is 150 Å². The van der Waals surface area contributed by atoms with Crippen molar-refractivity contribution in [1.29, 1.82) is 0 Å². The molecule has 2 saturated carbocycles. The molecule has 0 amide bonds. The molecule has 1 aliphatic heterocycles. The zero-order chi connectivity index (χ0) is 17.0. The monoisotopic (exact) mass is 337 g/mol. The van der Waals surface area contributed by atoms with Crippen LogP contribution in [0.15, 0.2) is 34.5 Å². The number of rotatable bonds is 1. The van der Waals surface area contributed by atoms with Crippen molar-refractivity contribution >= 4 is 6.40 Å². The Morgan fingerprint density at radius 1 is 1.20 bits per heavy atom. The lowest BCUT2D eigenvalue weighted by Gasteiger charge is -2.49. The maximum atomic E-state index is 5.44. The molecule has 0 spiro atoms. The summed E-state index contributed by atoms with van der Waals surface area (Å²) in [7, 11) is 1.77. The van der Waals surface area contributed by atoms with Crippen molar-refractivity contribution in [1.82, 2.24) is 0 Å². The van der Waals surface area contributed by atoms with Crippen LogP contribution >= 0.6 is 0 Å². The number of benzene rings is 1. The van der Waals surface area contributed by atoms with Gasteiger partial charge in [0.15, 0.2) is 6.40 Å². The largest absolute Gasteiger partial charge is 0.497 e. The molecule has 1 aromatic carbocycles. The maximum Gasteiger partial charge on any atom is 0.174 e. The van der Waals surface area contributed by atoms with E-state index in [4.69, 9.17) is 9.47 Å². The number of aliphatic imine (C=N–C) groups is 1. The normalized spacial score (nSPS) is 38.7. The van der Waals surface area contributed by atoms with E-state index in [-0.39, 0.29) is 0 Å². The van der Waals surface area contributed by atoms with Crippen LogP contribution in [0, 0.1) is 17.3 Å². The molecule has 0 N–H and O–H groups in total. The molecule has 4 aliphatic rings. The average molecular weight is 337 g/mol. The highest BCUT2D eigenvalue weighted by Crippen LogP contribution is 2.63. The van der Waals surface area contributed by atoms with Gasteiger partial charge in [0.1, 0.15) is 12.4 Å². The Balaban J connectivity index is 1.49. The number of aryl methyl sites for hydroxylation is 1. The minimum Gasteiger partial charge on any atom is -0.497 e. The van der Waals surface area contributed by atoms with Gasteiger partial charge in [-0.2, -0.15) is 0 Å². The van der Waals surface area contributed by atoms with E-state index >= 15 is 0 Å². The molecule has 3 nitrogen and oxygen atoms in total. The van der Waals surface area contributed by atoms with Crippen LogP contribution in [0.25, 0.3) is 0 Å². The van der Waals surface area contributed by atoms with E-state index in [2.05, 4.69) is 30.1 Å². The summed E-state index contributed by atoms with van der Waals surface area (Å²) in [5.74, 6) is 3.37. The topological polar surface area (TPSA) is 30.8 Å². The van der Waals surface area contributed by atoms with Gasteiger partial charge >= 0.3 is 0 Å². The summed E-state index contributed by atoms with van der Waals surface area (Å²) in [6.45, 7) is 3.20. The van der Waals surface area contributed by atoms with Crippen LogP contribution in [0.1, 0.15) is 56.1 Å². The molecule has 1 aromatic rings. The van der Waals surface area contributed by atoms with Crippen LogP contribution in [0.4, 0.5) is 0 Å². The zero-order valence-corrected chi connectivity index (χ0v) is 15.3. The zero-order valence-electron chi connectivity index (χ0n) is 15.3. The third-order valence-corrected chi connectivity index (χ3v) is 7.57. The van der Waals surface area contributed by atoms with E-state index < -0.39 is 0 Å². The first-order chi connectivity index (χ1) is 12.2. The molecule has 132 valence electrons. The summed E-state index contributed by atoms with van der Waals surface area (Å²) in [5, 5.41) is 0. The fraction of sp³-hybridized carbons (Fsp3) is 0.591. The van der Waals surface area contributed by atoms with Gasteiger partial charge in [-0.3, -0.25) is 0 Å². The van der Waals surface area contributed by atoms with Gasteiger partial charge in [0.05, 0.1) is 12.8 Å². The molecule has 5 rings (SSSR count). The van der Waals surface area contributed by atoms with Gasteiger partial charge in [-0.1, -0.05) is 13.0 Å². The van der Waals surface area contributed by atoms with Crippen LogP contribution < -0.4 is 4.74 Å². The summed E-state index contributed by atoms with van der Waals surface area (Å²) in [6.07, 6.45) is 9.31. The molecule has 0 saturated heterocycles. The van der Waals surface area contributed by atoms with E-state index in [0.29, 0.717) is 12.0 Å². The van der Waals surface area contributed by atoms with Crippen molar-refractivity contribution in [2.24, 2.45) is 22.2 Å². The molecule has 1 heterocycles. The number of nitrogens with zero attached hydrogens (tertiary/aromatic N) is 1. The van der Waals surface area contributed by atoms with Crippen LogP contribution in [0.5, 0.6) is 5.75 Å². The predicted octanol–water partition coefficient (Wildman–Crippen LogP) is 4.86. The Morgan fingerprint density at radius 3 is 2.92 bits per heavy atom. The van der Waals surface area contributed by atoms with Crippen molar-refractivity contribution < 1.29 is 9.47 Å². The van der Waals surface area contributed by atoms with Gasteiger partial charge in [-0.05, 0) is 90.5 Å². The lowest BCUT2D eigenvalue weighted by atomic mass is 9.55. The Hall–Kier alpha value is -1.77. The second kappa shape index (κ2) is 5.62. The summed E-state index contributed by atoms with van der Waals surface area (Å²) >= 11 is 0. The van der Waals surface area contributed by atoms with Crippen molar-refractivity contribution in [3.05, 3.63) is 40.6 Å². The minimum absolute atomic E-state index is 0.339. The SMILES string of the molecule is COc1ccc2c(c1)CC[C@@H]1[C@@H]2CC[C@]2(C)/C(=C3/COC=N3)CC[C@@H]12. The molecule has 4 atom stereocenters. The molecule has 25 heavy (non-hydrogen) atoms. The summed E-state index contributed by atoms with van der Waals surface area (Å²) in [5.41, 5.74) is 6.29. The fourth-order valence-electron chi connectivity index (χ4n) is 6.39. The van der Waals surface area contributed by atoms with E-state index in [1.165, 1.54) is 49.8 Å². The maximum absolute atomic E-state index is 5.44. The molecular weight excluding hydrogens is 310 g/mol. The number of fused-ring (bicyclic) bond motifs is 5. The van der Waals surface area contributed by atoms with E-state index in [1.54, 1.807) is 24.6 Å². The van der Waals surface area contributed by atoms with E-state index in [1.807, 2.05) is 0 Å². The average Bonchev–Trinajstić information content (AvgIpc) is 3.27. The Morgan fingerprint density at radius 2 is 2.12 bits per heavy atom. The van der Waals surface area contributed by atoms with Crippen molar-refractivity contribution in [3.63, 3.8) is 0 Å². The first-order valence-electron chi connectivity index (χ1n) is 9.74. The Bertz CT molecular complexity index is 765. The van der Waals surface area contributed by atoms with Crippen molar-refractivity contribution in [2.75, 3.05) is 13.7 Å². The summed E-state index contributed by atoms with van der Waals surface area (Å²) < 4.78 is 10.8. The molecule has 0 aromatic heterocycles. The highest BCUT2D eigenvalue weighted by molar-refractivity contribution is 5.54. The quantitative estimate of drug-likeness (QED) is 0.732. The fourth-order valence-corrected chi connectivity index (χ4v) is 6.39. The number of hydrogen-bond acceptors (Lipinski definition) is 3. The van der Waals surface area contributed by atoms with Crippen LogP contribution in [0.2, 0.25) is 0 Å². The van der Waals surface area contributed by atoms with Gasteiger partial charge < -0.3 is 9.47 Å². The van der Waals surface area contributed by atoms with Gasteiger partial charge in [0, 0.05) is 0 Å². The number of hydrogen-bond donors (Lipinski definition) is 0. The Kier molecular flexibility index (Phi) is 3.48. The lowest BCUT2D eigenvalue weighted by molar-refractivity contribution is 0.0806. The van der Waals surface area contributed by atoms with Crippen LogP contribution in [-0.2, 0) is 11.2 Å². The number of allylic oxidation sites excluding steroid dienone is 1. The lowest BCUT2D eigenvalue weighted by Crippen LogP contribution is -2.40. The molecule has 0 unspecified atom stereocenters. The molecule has 2 fully saturated rings. The summed E-state index contributed by atoms with van der Waals surface area (Å²) in [6, 6.07) is 6.77. The smallest absolute Gasteiger partial charge is 0.174 e. The van der Waals surface area contributed by atoms with Crippen molar-refractivity contribution in [3.8, 4) is 5.75 Å². The predicted molar refractivity (Wildman–Crippen MR) is 99.1 cm³/mol. The van der Waals surface area contributed by atoms with Gasteiger partial charge in [-0.25, -0.2) is 4.99 Å². The molecule has 3 aliphatic carbocycles. The molecule has 0 bridgehead atoms. The van der Waals surface area contributed by atoms with Gasteiger partial charge in [0.2, 0.25) is 0 Å². The summed E-state index contributed by atoms with van der Waals surface area (Å²) in [4.78, 5) is 4.53. The van der Waals surface area contributed by atoms with Crippen LogP contribution in [0.3, 0.4) is 0 Å². The standard InChI is InChI=1S/C22H27NO2/c1-22-10-9-17-16-6-4-15(24-2)11-14(16)3-5-18(17)19(22)7-8-20(22)21-12-25-13-23-21/h4,6,11,13,17-19H,3,5,7-10,12H2,1-2H3/b21-20-/t17-,18-,19+,22+/m1/s1. The second-order valence-corrected chi connectivity index (χ2v) is 8.45. The first kappa shape index (κ1) is 15.5. The van der Waals surface area contributed by atoms with Crippen molar-refractivity contribution in [2.45, 2.75) is 51.4 Å². The first-order valence-corrected chi connectivity index (χ1v) is 9.74. The number of methoxy groups -OCH3 is 1.